The number of nitrogens with zero attached hydrogens (tertiary/aromatic N) is 2. The van der Waals surface area contributed by atoms with Crippen LogP contribution < -0.4 is 0 Å². The van der Waals surface area contributed by atoms with E-state index in [1.54, 1.807) is 13.0 Å². The molecule has 0 bridgehead atoms. The number of non-ortho nitro benzene ring substituents is 1. The number of nitro groups is 1. The molecule has 2 aromatic rings. The zero-order valence-electron chi connectivity index (χ0n) is 9.84. The summed E-state index contributed by atoms with van der Waals surface area (Å²) < 4.78 is 4.98. The Bertz CT molecular complexity index is 620. The van der Waals surface area contributed by atoms with Crippen molar-refractivity contribution in [1.29, 1.82) is 0 Å². The molecule has 94 valence electrons. The molecule has 2 rings (SSSR count). The average molecular weight is 249 g/mol. The normalized spacial score (nSPS) is 12.3. The summed E-state index contributed by atoms with van der Waals surface area (Å²) in [5.74, 6) is 0.0506. The number of aromatic amines is 1. The maximum atomic E-state index is 10.8. The first-order chi connectivity index (χ1) is 8.47. The maximum Gasteiger partial charge on any atom is 0.303 e. The number of aromatic nitrogens is 2. The maximum absolute atomic E-state index is 10.8. The molecular formula is C11H11N3O4. The number of benzene rings is 1. The van der Waals surface area contributed by atoms with Crippen LogP contribution in [0.2, 0.25) is 0 Å². The molecule has 1 N–H and O–H groups in total. The third-order valence-corrected chi connectivity index (χ3v) is 2.42. The lowest BCUT2D eigenvalue weighted by atomic mass is 10.3. The fraction of sp³-hybridized carbons (Fsp3) is 0.273. The van der Waals surface area contributed by atoms with Gasteiger partial charge in [0.1, 0.15) is 5.82 Å². The number of carbonyl (C=O) groups excluding carboxylic acids is 1. The molecule has 7 nitrogen and oxygen atoms in total. The third kappa shape index (κ3) is 2.29. The van der Waals surface area contributed by atoms with Gasteiger partial charge in [-0.05, 0) is 13.0 Å². The third-order valence-electron chi connectivity index (χ3n) is 2.42. The molecule has 0 amide bonds. The monoisotopic (exact) mass is 249 g/mol. The van der Waals surface area contributed by atoms with E-state index in [9.17, 15) is 14.9 Å². The summed E-state index contributed by atoms with van der Waals surface area (Å²) in [5, 5.41) is 10.6. The summed E-state index contributed by atoms with van der Waals surface area (Å²) in [6, 6.07) is 4.32. The largest absolute Gasteiger partial charge is 0.455 e. The van der Waals surface area contributed by atoms with Gasteiger partial charge in [-0.3, -0.25) is 14.9 Å². The average Bonchev–Trinajstić information content (AvgIpc) is 2.70. The number of nitro benzene ring substituents is 1. The van der Waals surface area contributed by atoms with Crippen LogP contribution in [0.1, 0.15) is 25.8 Å². The molecule has 18 heavy (non-hydrogen) atoms. The molecule has 1 aromatic carbocycles. The first-order valence-electron chi connectivity index (χ1n) is 5.28. The lowest BCUT2D eigenvalue weighted by molar-refractivity contribution is -0.384. The Balaban J connectivity index is 2.38. The second-order valence-electron chi connectivity index (χ2n) is 3.83. The first-order valence-corrected chi connectivity index (χ1v) is 5.28. The van der Waals surface area contributed by atoms with Gasteiger partial charge in [-0.2, -0.15) is 0 Å². The predicted molar refractivity (Wildman–Crippen MR) is 62.9 cm³/mol. The van der Waals surface area contributed by atoms with Crippen molar-refractivity contribution >= 4 is 22.7 Å². The van der Waals surface area contributed by atoms with Gasteiger partial charge in [0.05, 0.1) is 16.0 Å². The molecule has 1 unspecified atom stereocenters. The van der Waals surface area contributed by atoms with Crippen molar-refractivity contribution < 1.29 is 14.5 Å². The number of esters is 1. The summed E-state index contributed by atoms with van der Waals surface area (Å²) in [5.41, 5.74) is 1.12. The fourth-order valence-corrected chi connectivity index (χ4v) is 1.63. The van der Waals surface area contributed by atoms with Gasteiger partial charge in [0.2, 0.25) is 0 Å². The number of hydrogen-bond donors (Lipinski definition) is 1. The number of imidazole rings is 1. The second-order valence-corrected chi connectivity index (χ2v) is 3.83. The SMILES string of the molecule is CC(=O)OC(C)c1nc2ccc([N+](=O)[O-])cc2[nH]1. The van der Waals surface area contributed by atoms with E-state index in [2.05, 4.69) is 9.97 Å². The molecule has 0 radical (unpaired) electrons. The summed E-state index contributed by atoms with van der Waals surface area (Å²) in [4.78, 5) is 28.1. The minimum absolute atomic E-state index is 0.0159. The fourth-order valence-electron chi connectivity index (χ4n) is 1.63. The van der Waals surface area contributed by atoms with E-state index >= 15 is 0 Å². The number of hydrogen-bond acceptors (Lipinski definition) is 5. The summed E-state index contributed by atoms with van der Waals surface area (Å²) in [6.45, 7) is 2.98. The number of nitrogens with one attached hydrogen (secondary N) is 1. The van der Waals surface area contributed by atoms with Crippen molar-refractivity contribution in [2.24, 2.45) is 0 Å². The Morgan fingerprint density at radius 3 is 2.89 bits per heavy atom. The van der Waals surface area contributed by atoms with E-state index < -0.39 is 17.0 Å². The lowest BCUT2D eigenvalue weighted by Gasteiger charge is -2.07. The number of H-pyrrole nitrogens is 1. The van der Waals surface area contributed by atoms with Gasteiger partial charge in [-0.1, -0.05) is 0 Å². The first kappa shape index (κ1) is 12.0. The minimum atomic E-state index is -0.519. The van der Waals surface area contributed by atoms with Crippen LogP contribution in [-0.2, 0) is 9.53 Å². The smallest absolute Gasteiger partial charge is 0.303 e. The van der Waals surface area contributed by atoms with Gasteiger partial charge in [-0.25, -0.2) is 4.98 Å². The molecular weight excluding hydrogens is 238 g/mol. The van der Waals surface area contributed by atoms with Crippen LogP contribution in [-0.4, -0.2) is 20.9 Å². The Labute approximate surface area is 102 Å². The Morgan fingerprint density at radius 2 is 2.28 bits per heavy atom. The molecule has 7 heteroatoms. The van der Waals surface area contributed by atoms with E-state index in [0.29, 0.717) is 16.9 Å². The molecule has 0 saturated carbocycles. The molecule has 0 aliphatic carbocycles. The molecule has 0 saturated heterocycles. The Morgan fingerprint density at radius 1 is 1.56 bits per heavy atom. The van der Waals surface area contributed by atoms with Gasteiger partial charge in [-0.15, -0.1) is 0 Å². The summed E-state index contributed by atoms with van der Waals surface area (Å²) in [6.07, 6.45) is -0.519. The highest BCUT2D eigenvalue weighted by Crippen LogP contribution is 2.22. The van der Waals surface area contributed by atoms with Gasteiger partial charge in [0.25, 0.3) is 5.69 Å². The van der Waals surface area contributed by atoms with Gasteiger partial charge >= 0.3 is 5.97 Å². The highest BCUT2D eigenvalue weighted by molar-refractivity contribution is 5.78. The van der Waals surface area contributed by atoms with Crippen LogP contribution >= 0.6 is 0 Å². The molecule has 0 aliphatic heterocycles. The number of rotatable bonds is 3. The molecule has 1 atom stereocenters. The van der Waals surface area contributed by atoms with Crippen molar-refractivity contribution in [1.82, 2.24) is 9.97 Å². The topological polar surface area (TPSA) is 98.1 Å². The zero-order valence-corrected chi connectivity index (χ0v) is 9.84. The second kappa shape index (κ2) is 4.44. The summed E-state index contributed by atoms with van der Waals surface area (Å²) in [7, 11) is 0. The molecule has 1 aromatic heterocycles. The van der Waals surface area contributed by atoms with Crippen molar-refractivity contribution in [2.75, 3.05) is 0 Å². The van der Waals surface area contributed by atoms with Gasteiger partial charge < -0.3 is 9.72 Å². The van der Waals surface area contributed by atoms with E-state index in [0.717, 1.165) is 0 Å². The lowest BCUT2D eigenvalue weighted by Crippen LogP contribution is -2.06. The van der Waals surface area contributed by atoms with Crippen molar-refractivity contribution in [2.45, 2.75) is 20.0 Å². The molecule has 0 aliphatic rings. The van der Waals surface area contributed by atoms with Crippen LogP contribution in [0.25, 0.3) is 11.0 Å². The number of carbonyl (C=O) groups is 1. The zero-order chi connectivity index (χ0) is 13.3. The van der Waals surface area contributed by atoms with Crippen LogP contribution in [0.4, 0.5) is 5.69 Å². The van der Waals surface area contributed by atoms with Crippen LogP contribution in [0.5, 0.6) is 0 Å². The van der Waals surface area contributed by atoms with Gasteiger partial charge in [0, 0.05) is 19.1 Å². The molecule has 1 heterocycles. The van der Waals surface area contributed by atoms with E-state index in [1.807, 2.05) is 0 Å². The van der Waals surface area contributed by atoms with E-state index in [4.69, 9.17) is 4.74 Å². The van der Waals surface area contributed by atoms with Crippen molar-refractivity contribution in [3.8, 4) is 0 Å². The molecule has 0 spiro atoms. The quantitative estimate of drug-likeness (QED) is 0.510. The van der Waals surface area contributed by atoms with Crippen molar-refractivity contribution in [3.63, 3.8) is 0 Å². The van der Waals surface area contributed by atoms with Crippen LogP contribution in [0.15, 0.2) is 18.2 Å². The summed E-state index contributed by atoms with van der Waals surface area (Å²) >= 11 is 0. The van der Waals surface area contributed by atoms with Gasteiger partial charge in [0.15, 0.2) is 6.10 Å². The van der Waals surface area contributed by atoms with Crippen LogP contribution in [0.3, 0.4) is 0 Å². The highest BCUT2D eigenvalue weighted by atomic mass is 16.6. The standard InChI is InChI=1S/C11H11N3O4/c1-6(18-7(2)15)11-12-9-4-3-8(14(16)17)5-10(9)13-11/h3-6H,1-2H3,(H,12,13). The molecule has 0 fully saturated rings. The van der Waals surface area contributed by atoms with E-state index in [1.165, 1.54) is 19.1 Å². The van der Waals surface area contributed by atoms with Crippen LogP contribution in [0, 0.1) is 10.1 Å². The predicted octanol–water partition coefficient (Wildman–Crippen LogP) is 2.10. The van der Waals surface area contributed by atoms with E-state index in [-0.39, 0.29) is 5.69 Å². The van der Waals surface area contributed by atoms with Crippen molar-refractivity contribution in [3.05, 3.63) is 34.1 Å². The minimum Gasteiger partial charge on any atom is -0.455 e. The number of fused-ring (bicyclic) bond motifs is 1. The Kier molecular flexibility index (Phi) is 2.97. The number of ether oxygens (including phenoxy) is 1. The highest BCUT2D eigenvalue weighted by Gasteiger charge is 2.15. The Hall–Kier alpha value is -2.44.